The van der Waals surface area contributed by atoms with E-state index in [-0.39, 0.29) is 17.1 Å². The highest BCUT2D eigenvalue weighted by Crippen LogP contribution is 2.24. The molecular weight excluding hydrogens is 239 g/mol. The third kappa shape index (κ3) is 2.77. The Kier molecular flexibility index (Phi) is 3.64. The van der Waals surface area contributed by atoms with Crippen molar-refractivity contribution in [2.45, 2.75) is 11.8 Å². The first kappa shape index (κ1) is 11.9. The van der Waals surface area contributed by atoms with Gasteiger partial charge in [-0.3, -0.25) is 4.79 Å². The summed E-state index contributed by atoms with van der Waals surface area (Å²) >= 11 is 1.36. The Morgan fingerprint density at radius 2 is 2.12 bits per heavy atom. The van der Waals surface area contributed by atoms with Gasteiger partial charge in [0.05, 0.1) is 17.6 Å². The molecule has 88 valence electrons. The van der Waals surface area contributed by atoms with E-state index in [1.807, 2.05) is 6.92 Å². The molecule has 2 rings (SSSR count). The summed E-state index contributed by atoms with van der Waals surface area (Å²) in [5.41, 5.74) is 0.140. The smallest absolute Gasteiger partial charge is 0.176 e. The van der Waals surface area contributed by atoms with Crippen LogP contribution in [0.5, 0.6) is 0 Å². The maximum atomic E-state index is 13.3. The summed E-state index contributed by atoms with van der Waals surface area (Å²) in [7, 11) is 0. The van der Waals surface area contributed by atoms with Crippen LogP contribution in [0, 0.1) is 12.7 Å². The fourth-order valence-corrected chi connectivity index (χ4v) is 2.28. The number of Topliss-reactive ketones (excluding diaryl/α,β-unsaturated/α-hetero) is 1. The minimum absolute atomic E-state index is 0.140. The number of thioether (sulfide) groups is 1. The van der Waals surface area contributed by atoms with Crippen LogP contribution in [-0.4, -0.2) is 11.5 Å². The van der Waals surface area contributed by atoms with Gasteiger partial charge in [-0.25, -0.2) is 4.39 Å². The molecule has 0 N–H and O–H groups in total. The summed E-state index contributed by atoms with van der Waals surface area (Å²) in [5, 5.41) is 0. The van der Waals surface area contributed by atoms with Crippen LogP contribution in [0.3, 0.4) is 0 Å². The van der Waals surface area contributed by atoms with Gasteiger partial charge in [0.2, 0.25) is 0 Å². The van der Waals surface area contributed by atoms with E-state index in [2.05, 4.69) is 0 Å². The normalized spacial score (nSPS) is 10.5. The SMILES string of the molecule is Cc1occc1SCC(=O)c1ccccc1F. The standard InChI is InChI=1S/C13H11FO2S/c1-9-13(6-7-16-9)17-8-12(15)10-4-2-3-5-11(10)14/h2-7H,8H2,1H3. The lowest BCUT2D eigenvalue weighted by Gasteiger charge is -2.01. The molecule has 0 spiro atoms. The second-order valence-electron chi connectivity index (χ2n) is 3.53. The number of ketones is 1. The van der Waals surface area contributed by atoms with Crippen LogP contribution in [0.4, 0.5) is 4.39 Å². The lowest BCUT2D eigenvalue weighted by molar-refractivity contribution is 0.101. The molecule has 0 saturated heterocycles. The zero-order chi connectivity index (χ0) is 12.3. The largest absolute Gasteiger partial charge is 0.468 e. The van der Waals surface area contributed by atoms with Crippen molar-refractivity contribution in [3.63, 3.8) is 0 Å². The summed E-state index contributed by atoms with van der Waals surface area (Å²) in [6.45, 7) is 1.83. The maximum Gasteiger partial charge on any atom is 0.176 e. The summed E-state index contributed by atoms with van der Waals surface area (Å²) in [5.74, 6) is 0.299. The van der Waals surface area contributed by atoms with Gasteiger partial charge >= 0.3 is 0 Å². The van der Waals surface area contributed by atoms with E-state index in [0.717, 1.165) is 10.7 Å². The Morgan fingerprint density at radius 3 is 2.76 bits per heavy atom. The lowest BCUT2D eigenvalue weighted by Crippen LogP contribution is -2.04. The Labute approximate surface area is 103 Å². The Morgan fingerprint density at radius 1 is 1.35 bits per heavy atom. The molecule has 0 aliphatic rings. The van der Waals surface area contributed by atoms with E-state index < -0.39 is 5.82 Å². The third-order valence-corrected chi connectivity index (χ3v) is 3.49. The van der Waals surface area contributed by atoms with Crippen molar-refractivity contribution in [3.05, 3.63) is 53.7 Å². The van der Waals surface area contributed by atoms with Gasteiger partial charge < -0.3 is 4.42 Å². The third-order valence-electron chi connectivity index (χ3n) is 2.34. The molecule has 0 radical (unpaired) electrons. The minimum atomic E-state index is -0.470. The van der Waals surface area contributed by atoms with Gasteiger partial charge in [-0.2, -0.15) is 0 Å². The number of aryl methyl sites for hydroxylation is 1. The second-order valence-corrected chi connectivity index (χ2v) is 4.55. The van der Waals surface area contributed by atoms with E-state index in [1.165, 1.54) is 23.9 Å². The van der Waals surface area contributed by atoms with E-state index in [9.17, 15) is 9.18 Å². The quantitative estimate of drug-likeness (QED) is 0.612. The predicted octanol–water partition coefficient (Wildman–Crippen LogP) is 3.70. The maximum absolute atomic E-state index is 13.3. The molecule has 1 aromatic heterocycles. The molecule has 0 unspecified atom stereocenters. The summed E-state index contributed by atoms with van der Waals surface area (Å²) < 4.78 is 18.5. The molecule has 0 amide bonds. The number of hydrogen-bond acceptors (Lipinski definition) is 3. The highest BCUT2D eigenvalue weighted by Gasteiger charge is 2.12. The Balaban J connectivity index is 2.04. The van der Waals surface area contributed by atoms with Gasteiger partial charge in [0.15, 0.2) is 5.78 Å². The van der Waals surface area contributed by atoms with Crippen molar-refractivity contribution in [1.82, 2.24) is 0 Å². The van der Waals surface area contributed by atoms with Crippen LogP contribution in [0.15, 0.2) is 45.9 Å². The van der Waals surface area contributed by atoms with E-state index in [1.54, 1.807) is 24.5 Å². The van der Waals surface area contributed by atoms with Crippen LogP contribution >= 0.6 is 11.8 Å². The Hall–Kier alpha value is -1.55. The Bertz CT molecular complexity index is 534. The van der Waals surface area contributed by atoms with Crippen molar-refractivity contribution >= 4 is 17.5 Å². The molecule has 0 fully saturated rings. The topological polar surface area (TPSA) is 30.2 Å². The molecule has 0 atom stereocenters. The molecule has 0 aliphatic heterocycles. The van der Waals surface area contributed by atoms with Crippen molar-refractivity contribution in [2.75, 3.05) is 5.75 Å². The highest BCUT2D eigenvalue weighted by atomic mass is 32.2. The number of halogens is 1. The first-order valence-corrected chi connectivity index (χ1v) is 6.11. The molecule has 2 nitrogen and oxygen atoms in total. The minimum Gasteiger partial charge on any atom is -0.468 e. The fraction of sp³-hybridized carbons (Fsp3) is 0.154. The van der Waals surface area contributed by atoms with Gasteiger partial charge in [-0.1, -0.05) is 12.1 Å². The molecule has 0 saturated carbocycles. The van der Waals surface area contributed by atoms with Crippen LogP contribution < -0.4 is 0 Å². The van der Waals surface area contributed by atoms with Crippen molar-refractivity contribution < 1.29 is 13.6 Å². The molecule has 4 heteroatoms. The second kappa shape index (κ2) is 5.19. The van der Waals surface area contributed by atoms with E-state index in [4.69, 9.17) is 4.42 Å². The summed E-state index contributed by atoms with van der Waals surface area (Å²) in [6, 6.07) is 7.82. The first-order chi connectivity index (χ1) is 8.18. The summed E-state index contributed by atoms with van der Waals surface area (Å²) in [4.78, 5) is 12.7. The fourth-order valence-electron chi connectivity index (χ4n) is 1.43. The van der Waals surface area contributed by atoms with Crippen LogP contribution in [0.25, 0.3) is 0 Å². The number of hydrogen-bond donors (Lipinski definition) is 0. The van der Waals surface area contributed by atoms with E-state index >= 15 is 0 Å². The van der Waals surface area contributed by atoms with Crippen LogP contribution in [-0.2, 0) is 0 Å². The number of carbonyl (C=O) groups is 1. The number of rotatable bonds is 4. The highest BCUT2D eigenvalue weighted by molar-refractivity contribution is 8.00. The average molecular weight is 250 g/mol. The molecule has 1 aromatic carbocycles. The monoisotopic (exact) mass is 250 g/mol. The lowest BCUT2D eigenvalue weighted by atomic mass is 10.1. The molecular formula is C13H11FO2S. The molecule has 1 heterocycles. The van der Waals surface area contributed by atoms with Crippen molar-refractivity contribution in [1.29, 1.82) is 0 Å². The van der Waals surface area contributed by atoms with Crippen molar-refractivity contribution in [3.8, 4) is 0 Å². The predicted molar refractivity (Wildman–Crippen MR) is 64.9 cm³/mol. The molecule has 0 aliphatic carbocycles. The van der Waals surface area contributed by atoms with Gasteiger partial charge in [0.25, 0.3) is 0 Å². The molecule has 0 bridgehead atoms. The van der Waals surface area contributed by atoms with Crippen molar-refractivity contribution in [2.24, 2.45) is 0 Å². The van der Waals surface area contributed by atoms with E-state index in [0.29, 0.717) is 0 Å². The number of carbonyl (C=O) groups excluding carboxylic acids is 1. The number of benzene rings is 1. The zero-order valence-corrected chi connectivity index (χ0v) is 10.1. The van der Waals surface area contributed by atoms with Gasteiger partial charge in [0, 0.05) is 4.90 Å². The van der Waals surface area contributed by atoms with Crippen LogP contribution in [0.1, 0.15) is 16.1 Å². The average Bonchev–Trinajstić information content (AvgIpc) is 2.72. The number of furan rings is 1. The summed E-state index contributed by atoms with van der Waals surface area (Å²) in [6.07, 6.45) is 1.57. The zero-order valence-electron chi connectivity index (χ0n) is 9.27. The molecule has 2 aromatic rings. The molecule has 17 heavy (non-hydrogen) atoms. The van der Waals surface area contributed by atoms with Crippen LogP contribution in [0.2, 0.25) is 0 Å². The van der Waals surface area contributed by atoms with Gasteiger partial charge in [-0.05, 0) is 25.1 Å². The first-order valence-electron chi connectivity index (χ1n) is 5.13. The van der Waals surface area contributed by atoms with Gasteiger partial charge in [0.1, 0.15) is 11.6 Å². The van der Waals surface area contributed by atoms with Gasteiger partial charge in [-0.15, -0.1) is 11.8 Å².